The molecule has 0 saturated heterocycles. The average Bonchev–Trinajstić information content (AvgIpc) is 2.77. The van der Waals surface area contributed by atoms with Gasteiger partial charge in [0, 0.05) is 0 Å². The fourth-order valence-corrected chi connectivity index (χ4v) is 3.03. The van der Waals surface area contributed by atoms with Gasteiger partial charge in [0.05, 0.1) is 7.11 Å². The number of amides is 1. The van der Waals surface area contributed by atoms with Gasteiger partial charge in [-0.1, -0.05) is 0 Å². The normalized spacial score (nSPS) is 37.7. The zero-order chi connectivity index (χ0) is 11.1. The summed E-state index contributed by atoms with van der Waals surface area (Å²) in [5.74, 6) is -0.414. The van der Waals surface area contributed by atoms with Crippen LogP contribution in [0.1, 0.15) is 25.7 Å². The molecule has 5 heteroatoms. The van der Waals surface area contributed by atoms with Gasteiger partial charge in [0.2, 0.25) is 0 Å². The Morgan fingerprint density at radius 3 is 2.60 bits per heavy atom. The molecule has 0 aromatic carbocycles. The summed E-state index contributed by atoms with van der Waals surface area (Å²) in [5, 5.41) is 11.8. The van der Waals surface area contributed by atoms with Crippen LogP contribution in [0.4, 0.5) is 4.79 Å². The van der Waals surface area contributed by atoms with Gasteiger partial charge in [-0.3, -0.25) is 0 Å². The molecule has 15 heavy (non-hydrogen) atoms. The average molecular weight is 213 g/mol. The van der Waals surface area contributed by atoms with Crippen molar-refractivity contribution in [3.8, 4) is 0 Å². The number of ether oxygens (including phenoxy) is 1. The van der Waals surface area contributed by atoms with Crippen LogP contribution in [0.5, 0.6) is 0 Å². The molecule has 3 atom stereocenters. The van der Waals surface area contributed by atoms with Gasteiger partial charge >= 0.3 is 12.1 Å². The largest absolute Gasteiger partial charge is 0.479 e. The third-order valence-corrected chi connectivity index (χ3v) is 3.74. The topological polar surface area (TPSA) is 75.6 Å². The molecule has 2 aliphatic carbocycles. The number of carboxylic acid groups (broad SMARTS) is 1. The van der Waals surface area contributed by atoms with Crippen LogP contribution in [0.3, 0.4) is 0 Å². The Labute approximate surface area is 87.8 Å². The number of nitrogens with one attached hydrogen (secondary N) is 1. The molecule has 2 bridgehead atoms. The van der Waals surface area contributed by atoms with Crippen molar-refractivity contribution in [3.05, 3.63) is 0 Å². The SMILES string of the molecule is COC(=O)NC1(C(=O)O)CC2CCC1C2. The fraction of sp³-hybridized carbons (Fsp3) is 0.800. The van der Waals surface area contributed by atoms with E-state index in [0.29, 0.717) is 12.3 Å². The van der Waals surface area contributed by atoms with E-state index in [4.69, 9.17) is 0 Å². The van der Waals surface area contributed by atoms with Crippen LogP contribution in [0, 0.1) is 11.8 Å². The molecular weight excluding hydrogens is 198 g/mol. The van der Waals surface area contributed by atoms with E-state index >= 15 is 0 Å². The molecule has 3 unspecified atom stereocenters. The fourth-order valence-electron chi connectivity index (χ4n) is 3.03. The number of methoxy groups -OCH3 is 1. The van der Waals surface area contributed by atoms with Gasteiger partial charge in [0.25, 0.3) is 0 Å². The molecule has 0 heterocycles. The van der Waals surface area contributed by atoms with Gasteiger partial charge in [0.1, 0.15) is 5.54 Å². The number of carboxylic acids is 1. The van der Waals surface area contributed by atoms with Gasteiger partial charge in [-0.05, 0) is 37.5 Å². The first-order valence-corrected chi connectivity index (χ1v) is 5.18. The summed E-state index contributed by atoms with van der Waals surface area (Å²) in [6.07, 6.45) is 2.78. The summed E-state index contributed by atoms with van der Waals surface area (Å²) in [6.45, 7) is 0. The van der Waals surface area contributed by atoms with E-state index in [9.17, 15) is 14.7 Å². The summed E-state index contributed by atoms with van der Waals surface area (Å²) >= 11 is 0. The van der Waals surface area contributed by atoms with Gasteiger partial charge in [-0.15, -0.1) is 0 Å². The quantitative estimate of drug-likeness (QED) is 0.717. The van der Waals surface area contributed by atoms with Crippen molar-refractivity contribution in [3.63, 3.8) is 0 Å². The number of rotatable bonds is 2. The van der Waals surface area contributed by atoms with E-state index in [-0.39, 0.29) is 5.92 Å². The Morgan fingerprint density at radius 1 is 1.47 bits per heavy atom. The zero-order valence-corrected chi connectivity index (χ0v) is 8.66. The van der Waals surface area contributed by atoms with Crippen LogP contribution in [-0.2, 0) is 9.53 Å². The number of aliphatic carboxylic acids is 1. The van der Waals surface area contributed by atoms with Crippen molar-refractivity contribution in [1.29, 1.82) is 0 Å². The molecule has 2 N–H and O–H groups in total. The minimum Gasteiger partial charge on any atom is -0.479 e. The minimum absolute atomic E-state index is 0.0686. The summed E-state index contributed by atoms with van der Waals surface area (Å²) in [7, 11) is 1.25. The summed E-state index contributed by atoms with van der Waals surface area (Å²) < 4.78 is 4.48. The van der Waals surface area contributed by atoms with Crippen molar-refractivity contribution in [2.75, 3.05) is 7.11 Å². The highest BCUT2D eigenvalue weighted by Gasteiger charge is 2.57. The summed E-state index contributed by atoms with van der Waals surface area (Å²) in [5.41, 5.74) is -1.07. The van der Waals surface area contributed by atoms with E-state index in [1.807, 2.05) is 0 Å². The standard InChI is InChI=1S/C10H15NO4/c1-15-9(14)11-10(8(12)13)5-6-2-3-7(10)4-6/h6-7H,2-5H2,1H3,(H,11,14)(H,12,13). The smallest absolute Gasteiger partial charge is 0.407 e. The van der Waals surface area contributed by atoms with E-state index in [2.05, 4.69) is 10.1 Å². The Kier molecular flexibility index (Phi) is 2.32. The second kappa shape index (κ2) is 3.40. The Balaban J connectivity index is 2.19. The Hall–Kier alpha value is -1.26. The van der Waals surface area contributed by atoms with Crippen LogP contribution < -0.4 is 5.32 Å². The molecule has 84 valence electrons. The molecule has 0 aromatic heterocycles. The van der Waals surface area contributed by atoms with E-state index in [1.165, 1.54) is 7.11 Å². The Morgan fingerprint density at radius 2 is 2.20 bits per heavy atom. The first kappa shape index (κ1) is 10.3. The number of carbonyl (C=O) groups excluding carboxylic acids is 1. The second-order valence-electron chi connectivity index (χ2n) is 4.47. The van der Waals surface area contributed by atoms with E-state index in [1.54, 1.807) is 0 Å². The molecule has 0 radical (unpaired) electrons. The second-order valence-corrected chi connectivity index (χ2v) is 4.47. The van der Waals surface area contributed by atoms with Crippen LogP contribution in [0.25, 0.3) is 0 Å². The first-order valence-electron chi connectivity index (χ1n) is 5.18. The maximum Gasteiger partial charge on any atom is 0.407 e. The maximum atomic E-state index is 11.3. The molecule has 0 spiro atoms. The van der Waals surface area contributed by atoms with E-state index < -0.39 is 17.6 Å². The number of fused-ring (bicyclic) bond motifs is 2. The lowest BCUT2D eigenvalue weighted by Crippen LogP contribution is -2.57. The summed E-state index contributed by atoms with van der Waals surface area (Å²) in [4.78, 5) is 22.5. The van der Waals surface area contributed by atoms with Crippen molar-refractivity contribution in [2.45, 2.75) is 31.2 Å². The third kappa shape index (κ3) is 1.46. The lowest BCUT2D eigenvalue weighted by Gasteiger charge is -2.33. The molecule has 1 amide bonds. The van der Waals surface area contributed by atoms with Gasteiger partial charge in [-0.2, -0.15) is 0 Å². The monoisotopic (exact) mass is 213 g/mol. The molecule has 2 saturated carbocycles. The molecular formula is C10H15NO4. The number of hydrogen-bond donors (Lipinski definition) is 2. The molecule has 0 aromatic rings. The van der Waals surface area contributed by atoms with Crippen LogP contribution >= 0.6 is 0 Å². The highest BCUT2D eigenvalue weighted by molar-refractivity contribution is 5.85. The van der Waals surface area contributed by atoms with Crippen molar-refractivity contribution in [2.24, 2.45) is 11.8 Å². The highest BCUT2D eigenvalue weighted by atomic mass is 16.5. The maximum absolute atomic E-state index is 11.3. The van der Waals surface area contributed by atoms with Crippen LogP contribution in [0.2, 0.25) is 0 Å². The number of hydrogen-bond acceptors (Lipinski definition) is 3. The van der Waals surface area contributed by atoms with Crippen LogP contribution in [0.15, 0.2) is 0 Å². The van der Waals surface area contributed by atoms with Crippen molar-refractivity contribution >= 4 is 12.1 Å². The van der Waals surface area contributed by atoms with E-state index in [0.717, 1.165) is 19.3 Å². The predicted molar refractivity (Wildman–Crippen MR) is 51.4 cm³/mol. The highest BCUT2D eigenvalue weighted by Crippen LogP contribution is 2.50. The zero-order valence-electron chi connectivity index (χ0n) is 8.66. The van der Waals surface area contributed by atoms with Gasteiger partial charge < -0.3 is 15.2 Å². The molecule has 5 nitrogen and oxygen atoms in total. The lowest BCUT2D eigenvalue weighted by molar-refractivity contribution is -0.147. The van der Waals surface area contributed by atoms with Gasteiger partial charge in [-0.25, -0.2) is 9.59 Å². The molecule has 2 fully saturated rings. The van der Waals surface area contributed by atoms with Crippen LogP contribution in [-0.4, -0.2) is 29.8 Å². The Bertz CT molecular complexity index is 304. The number of alkyl carbamates (subject to hydrolysis) is 1. The molecule has 2 rings (SSSR count). The first-order chi connectivity index (χ1) is 7.08. The predicted octanol–water partition coefficient (Wildman–Crippen LogP) is 0.986. The van der Waals surface area contributed by atoms with Crippen molar-refractivity contribution in [1.82, 2.24) is 5.32 Å². The minimum atomic E-state index is -1.07. The number of carbonyl (C=O) groups is 2. The molecule has 0 aliphatic heterocycles. The summed E-state index contributed by atoms with van der Waals surface area (Å²) in [6, 6.07) is 0. The lowest BCUT2D eigenvalue weighted by atomic mass is 9.81. The van der Waals surface area contributed by atoms with Crippen molar-refractivity contribution < 1.29 is 19.4 Å². The van der Waals surface area contributed by atoms with Gasteiger partial charge in [0.15, 0.2) is 0 Å². The third-order valence-electron chi connectivity index (χ3n) is 3.74. The molecule has 2 aliphatic rings.